The molecule has 0 unspecified atom stereocenters. The van der Waals surface area contributed by atoms with Crippen LogP contribution < -0.4 is 4.57 Å². The van der Waals surface area contributed by atoms with Gasteiger partial charge in [-0.3, -0.25) is 0 Å². The van der Waals surface area contributed by atoms with Crippen molar-refractivity contribution in [1.82, 2.24) is 0 Å². The van der Waals surface area contributed by atoms with Gasteiger partial charge in [-0.1, -0.05) is 13.3 Å². The normalized spacial score (nSPS) is 13.4. The molecule has 1 heterocycles. The largest absolute Gasteiger partial charge is 0.500 e. The number of aromatic nitrogens is 1. The third kappa shape index (κ3) is 10.1. The molecule has 0 bridgehead atoms. The molecular formula is C16H26F6N2O7S2Si. The SMILES string of the molecule is CCCc1cc[n+](CCC[Si](OC)(OC)OC)cc1.O=S(=O)([N-]S(=O)(=O)C(F)(F)F)C(F)(F)F. The van der Waals surface area contributed by atoms with E-state index < -0.39 is 39.9 Å². The minimum absolute atomic E-state index is 0.778. The average Bonchev–Trinajstić information content (AvgIpc) is 2.71. The molecule has 18 heteroatoms. The Morgan fingerprint density at radius 1 is 0.882 bits per heavy atom. The molecule has 0 N–H and O–H groups in total. The molecular weight excluding hydrogens is 538 g/mol. The van der Waals surface area contributed by atoms with Crippen LogP contribution in [0.2, 0.25) is 6.04 Å². The van der Waals surface area contributed by atoms with Gasteiger partial charge in [0.05, 0.1) is 0 Å². The zero-order valence-electron chi connectivity index (χ0n) is 18.7. The quantitative estimate of drug-likeness (QED) is 0.230. The van der Waals surface area contributed by atoms with Gasteiger partial charge >= 0.3 is 19.8 Å². The van der Waals surface area contributed by atoms with Crippen molar-refractivity contribution in [2.24, 2.45) is 0 Å². The van der Waals surface area contributed by atoms with Crippen molar-refractivity contribution in [2.75, 3.05) is 21.3 Å². The third-order valence-electron chi connectivity index (χ3n) is 4.11. The lowest BCUT2D eigenvalue weighted by Crippen LogP contribution is -2.44. The molecule has 1 aromatic heterocycles. The monoisotopic (exact) mass is 564 g/mol. The van der Waals surface area contributed by atoms with Gasteiger partial charge in [0, 0.05) is 45.9 Å². The molecule has 0 aromatic carbocycles. The number of hydrogen-bond donors (Lipinski definition) is 0. The van der Waals surface area contributed by atoms with Crippen molar-refractivity contribution in [1.29, 1.82) is 0 Å². The fraction of sp³-hybridized carbons (Fsp3) is 0.688. The molecule has 34 heavy (non-hydrogen) atoms. The number of alkyl halides is 6. The van der Waals surface area contributed by atoms with Crippen LogP contribution in [0.4, 0.5) is 26.3 Å². The van der Waals surface area contributed by atoms with E-state index in [1.54, 1.807) is 21.3 Å². The highest BCUT2D eigenvalue weighted by Crippen LogP contribution is 2.36. The molecule has 0 radical (unpaired) electrons. The first-order valence-corrected chi connectivity index (χ1v) is 14.2. The zero-order valence-corrected chi connectivity index (χ0v) is 21.3. The molecule has 0 atom stereocenters. The number of nitrogens with zero attached hydrogens (tertiary/aromatic N) is 2. The average molecular weight is 565 g/mol. The van der Waals surface area contributed by atoms with Crippen LogP contribution >= 0.6 is 0 Å². The molecule has 0 saturated heterocycles. The van der Waals surface area contributed by atoms with E-state index in [2.05, 4.69) is 36.0 Å². The Kier molecular flexibility index (Phi) is 12.6. The fourth-order valence-corrected chi connectivity index (χ4v) is 5.75. The molecule has 0 aliphatic heterocycles. The second-order valence-corrected chi connectivity index (χ2v) is 13.0. The van der Waals surface area contributed by atoms with Crippen LogP contribution in [0.1, 0.15) is 25.3 Å². The third-order valence-corrected chi connectivity index (χ3v) is 9.68. The smallest absolute Gasteiger partial charge is 0.421 e. The summed E-state index contributed by atoms with van der Waals surface area (Å²) in [5.74, 6) is 0. The summed E-state index contributed by atoms with van der Waals surface area (Å²) in [5, 5.41) is 0. The summed E-state index contributed by atoms with van der Waals surface area (Å²) in [6.07, 6.45) is 7.60. The Bertz CT molecular complexity index is 901. The summed E-state index contributed by atoms with van der Waals surface area (Å²) in [6, 6.07) is 5.22. The molecule has 0 aliphatic rings. The number of sulfonamides is 2. The Morgan fingerprint density at radius 3 is 1.62 bits per heavy atom. The summed E-state index contributed by atoms with van der Waals surface area (Å²) >= 11 is 0. The zero-order chi connectivity index (χ0) is 26.8. The Balaban J connectivity index is 0.000000661. The van der Waals surface area contributed by atoms with Gasteiger partial charge in [0.2, 0.25) is 0 Å². The van der Waals surface area contributed by atoms with Crippen LogP contribution in [0.25, 0.3) is 4.13 Å². The first kappa shape index (κ1) is 32.7. The van der Waals surface area contributed by atoms with Gasteiger partial charge in [-0.05, 0) is 12.0 Å². The van der Waals surface area contributed by atoms with E-state index in [1.165, 1.54) is 12.0 Å². The first-order chi connectivity index (χ1) is 15.4. The van der Waals surface area contributed by atoms with E-state index in [9.17, 15) is 43.2 Å². The topological polar surface area (TPSA) is 114 Å². The van der Waals surface area contributed by atoms with E-state index in [0.29, 0.717) is 0 Å². The highest BCUT2D eigenvalue weighted by atomic mass is 32.3. The van der Waals surface area contributed by atoms with Crippen LogP contribution in [0.3, 0.4) is 0 Å². The maximum Gasteiger partial charge on any atom is 0.500 e. The summed E-state index contributed by atoms with van der Waals surface area (Å²) in [7, 11) is -10.9. The van der Waals surface area contributed by atoms with Crippen LogP contribution in [0, 0.1) is 0 Å². The second kappa shape index (κ2) is 13.1. The van der Waals surface area contributed by atoms with Gasteiger partial charge in [0.1, 0.15) is 6.54 Å². The van der Waals surface area contributed by atoms with Crippen LogP contribution in [0.15, 0.2) is 24.5 Å². The fourth-order valence-electron chi connectivity index (χ4n) is 2.34. The molecule has 0 fully saturated rings. The van der Waals surface area contributed by atoms with E-state index in [-0.39, 0.29) is 0 Å². The minimum atomic E-state index is -6.72. The van der Waals surface area contributed by atoms with Gasteiger partial charge in [0.25, 0.3) is 0 Å². The molecule has 1 aromatic rings. The number of pyridine rings is 1. The highest BCUT2D eigenvalue weighted by molar-refractivity contribution is 8.13. The second-order valence-electron chi connectivity index (χ2n) is 6.51. The highest BCUT2D eigenvalue weighted by Gasteiger charge is 2.47. The van der Waals surface area contributed by atoms with Crippen molar-refractivity contribution in [3.63, 3.8) is 0 Å². The van der Waals surface area contributed by atoms with Crippen LogP contribution in [-0.4, -0.2) is 58.0 Å². The van der Waals surface area contributed by atoms with E-state index in [1.807, 2.05) is 0 Å². The molecule has 9 nitrogen and oxygen atoms in total. The molecule has 1 rings (SSSR count). The van der Waals surface area contributed by atoms with Crippen LogP contribution in [-0.2, 0) is 46.3 Å². The molecule has 0 spiro atoms. The molecule has 0 amide bonds. The summed E-state index contributed by atoms with van der Waals surface area (Å²) < 4.78 is 128. The number of hydrogen-bond acceptors (Lipinski definition) is 7. The summed E-state index contributed by atoms with van der Waals surface area (Å²) in [6.45, 7) is 3.16. The predicted octanol–water partition coefficient (Wildman–Crippen LogP) is 3.25. The standard InChI is InChI=1S/C14H26NO3Si.C2F6NO4S2/c1-5-7-14-8-11-15(12-9-14)10-6-13-19(16-2,17-3)18-4;3-1(4,5)14(10,11)9-15(12,13)2(6,7)8/h8-9,11-12H,5-7,10,13H2,1-4H3;/q+1;-1. The van der Waals surface area contributed by atoms with Crippen molar-refractivity contribution < 1.29 is 61.0 Å². The lowest BCUT2D eigenvalue weighted by atomic mass is 10.1. The van der Waals surface area contributed by atoms with Crippen molar-refractivity contribution >= 4 is 28.9 Å². The molecule has 0 saturated carbocycles. The van der Waals surface area contributed by atoms with Gasteiger partial charge in [-0.25, -0.2) is 21.4 Å². The summed E-state index contributed by atoms with van der Waals surface area (Å²) in [5.41, 5.74) is -11.0. The summed E-state index contributed by atoms with van der Waals surface area (Å²) in [4.78, 5) is 0. The maximum absolute atomic E-state index is 11.4. The van der Waals surface area contributed by atoms with Crippen molar-refractivity contribution in [3.05, 3.63) is 34.2 Å². The molecule has 0 aliphatic carbocycles. The minimum Gasteiger partial charge on any atom is -0.421 e. The van der Waals surface area contributed by atoms with E-state index >= 15 is 0 Å². The number of rotatable bonds is 11. The van der Waals surface area contributed by atoms with Gasteiger partial charge < -0.3 is 17.4 Å². The lowest BCUT2D eigenvalue weighted by molar-refractivity contribution is -0.697. The maximum atomic E-state index is 11.4. The lowest BCUT2D eigenvalue weighted by Gasteiger charge is -2.23. The van der Waals surface area contributed by atoms with E-state index in [4.69, 9.17) is 13.3 Å². The Morgan fingerprint density at radius 2 is 1.29 bits per heavy atom. The van der Waals surface area contributed by atoms with Crippen LogP contribution in [0.5, 0.6) is 0 Å². The van der Waals surface area contributed by atoms with Crippen molar-refractivity contribution in [2.45, 2.75) is 49.8 Å². The number of halogens is 6. The van der Waals surface area contributed by atoms with Gasteiger partial charge in [-0.15, -0.1) is 0 Å². The van der Waals surface area contributed by atoms with Gasteiger partial charge in [-0.2, -0.15) is 26.3 Å². The number of aryl methyl sites for hydroxylation is 2. The Labute approximate surface area is 195 Å². The first-order valence-electron chi connectivity index (χ1n) is 9.40. The Hall–Kier alpha value is -1.31. The molecule has 200 valence electrons. The predicted molar refractivity (Wildman–Crippen MR) is 110 cm³/mol. The van der Waals surface area contributed by atoms with Gasteiger partial charge in [0.15, 0.2) is 32.4 Å². The van der Waals surface area contributed by atoms with E-state index in [0.717, 1.165) is 29.6 Å². The van der Waals surface area contributed by atoms with Crippen molar-refractivity contribution in [3.8, 4) is 0 Å².